The normalized spacial score (nSPS) is 17.7. The number of hydrogen-bond acceptors (Lipinski definition) is 4. The lowest BCUT2D eigenvalue weighted by Crippen LogP contribution is -2.34. The van der Waals surface area contributed by atoms with Gasteiger partial charge in [-0.3, -0.25) is 14.7 Å². The number of H-pyrrole nitrogens is 1. The third-order valence-electron chi connectivity index (χ3n) is 4.91. The number of aromatic amines is 1. The van der Waals surface area contributed by atoms with Gasteiger partial charge in [0.1, 0.15) is 11.5 Å². The summed E-state index contributed by atoms with van der Waals surface area (Å²) in [4.78, 5) is 26.2. The summed E-state index contributed by atoms with van der Waals surface area (Å²) in [7, 11) is 0. The smallest absolute Gasteiger partial charge is 0.251 e. The van der Waals surface area contributed by atoms with E-state index in [1.165, 1.54) is 12.1 Å². The molecule has 2 aromatic heterocycles. The molecular weight excluding hydrogens is 343 g/mol. The lowest BCUT2D eigenvalue weighted by Gasteiger charge is -2.32. The van der Waals surface area contributed by atoms with Gasteiger partial charge in [-0.15, -0.1) is 0 Å². The van der Waals surface area contributed by atoms with Gasteiger partial charge >= 0.3 is 0 Å². The first-order chi connectivity index (χ1) is 13.2. The number of halogens is 1. The van der Waals surface area contributed by atoms with Crippen molar-refractivity contribution < 1.29 is 4.39 Å². The van der Waals surface area contributed by atoms with Crippen LogP contribution in [0.3, 0.4) is 0 Å². The van der Waals surface area contributed by atoms with E-state index >= 15 is 0 Å². The minimum absolute atomic E-state index is 0.156. The summed E-state index contributed by atoms with van der Waals surface area (Å²) in [6.07, 6.45) is 3.73. The van der Waals surface area contributed by atoms with Crippen molar-refractivity contribution in [3.05, 3.63) is 82.2 Å². The number of pyridine rings is 1. The van der Waals surface area contributed by atoms with Crippen molar-refractivity contribution >= 4 is 0 Å². The van der Waals surface area contributed by atoms with Crippen molar-refractivity contribution in [3.63, 3.8) is 0 Å². The van der Waals surface area contributed by atoms with Gasteiger partial charge in [-0.1, -0.05) is 18.2 Å². The second-order valence-corrected chi connectivity index (χ2v) is 6.93. The van der Waals surface area contributed by atoms with Gasteiger partial charge in [0.25, 0.3) is 5.56 Å². The second kappa shape index (κ2) is 7.80. The molecule has 5 nitrogen and oxygen atoms in total. The third kappa shape index (κ3) is 4.28. The molecule has 0 spiro atoms. The van der Waals surface area contributed by atoms with E-state index in [-0.39, 0.29) is 17.3 Å². The summed E-state index contributed by atoms with van der Waals surface area (Å²) in [6.45, 7) is 2.59. The van der Waals surface area contributed by atoms with Gasteiger partial charge in [-0.2, -0.15) is 0 Å². The number of aromatic nitrogens is 3. The van der Waals surface area contributed by atoms with Crippen LogP contribution in [0.15, 0.2) is 59.5 Å². The highest BCUT2D eigenvalue weighted by atomic mass is 19.1. The van der Waals surface area contributed by atoms with Crippen molar-refractivity contribution in [2.75, 3.05) is 13.1 Å². The van der Waals surface area contributed by atoms with Crippen LogP contribution in [0.2, 0.25) is 0 Å². The number of nitrogens with zero attached hydrogens (tertiary/aromatic N) is 3. The van der Waals surface area contributed by atoms with Crippen LogP contribution in [-0.2, 0) is 6.54 Å². The predicted octanol–water partition coefficient (Wildman–Crippen LogP) is 3.35. The van der Waals surface area contributed by atoms with E-state index in [0.717, 1.165) is 43.7 Å². The molecule has 1 atom stereocenters. The van der Waals surface area contributed by atoms with Gasteiger partial charge < -0.3 is 4.98 Å². The summed E-state index contributed by atoms with van der Waals surface area (Å²) in [6, 6.07) is 13.8. The third-order valence-corrected chi connectivity index (χ3v) is 4.91. The van der Waals surface area contributed by atoms with Crippen molar-refractivity contribution in [3.8, 4) is 11.5 Å². The molecule has 3 heterocycles. The Kier molecular flexibility index (Phi) is 5.07. The fraction of sp³-hybridized carbons (Fsp3) is 0.286. The Balaban J connectivity index is 1.53. The summed E-state index contributed by atoms with van der Waals surface area (Å²) in [5.41, 5.74) is 2.40. The maximum Gasteiger partial charge on any atom is 0.251 e. The average Bonchev–Trinajstić information content (AvgIpc) is 2.70. The van der Waals surface area contributed by atoms with Gasteiger partial charge in [0.15, 0.2) is 5.82 Å². The molecule has 1 aromatic carbocycles. The molecule has 0 aliphatic carbocycles. The number of likely N-dealkylation sites (tertiary alicyclic amines) is 1. The Morgan fingerprint density at radius 1 is 1.19 bits per heavy atom. The fourth-order valence-electron chi connectivity index (χ4n) is 3.60. The minimum atomic E-state index is -0.218. The molecule has 0 unspecified atom stereocenters. The Bertz CT molecular complexity index is 956. The van der Waals surface area contributed by atoms with Gasteiger partial charge in [0.2, 0.25) is 0 Å². The molecule has 1 aliphatic heterocycles. The Hall–Kier alpha value is -2.86. The van der Waals surface area contributed by atoms with Crippen LogP contribution in [0.1, 0.15) is 30.0 Å². The molecule has 6 heteroatoms. The topological polar surface area (TPSA) is 61.9 Å². The molecule has 27 heavy (non-hydrogen) atoms. The lowest BCUT2D eigenvalue weighted by atomic mass is 9.94. The first kappa shape index (κ1) is 17.5. The summed E-state index contributed by atoms with van der Waals surface area (Å²) < 4.78 is 13.1. The van der Waals surface area contributed by atoms with Crippen molar-refractivity contribution in [2.24, 2.45) is 0 Å². The largest absolute Gasteiger partial charge is 0.305 e. The maximum atomic E-state index is 13.1. The van der Waals surface area contributed by atoms with E-state index in [4.69, 9.17) is 0 Å². The van der Waals surface area contributed by atoms with Crippen LogP contribution >= 0.6 is 0 Å². The van der Waals surface area contributed by atoms with E-state index in [1.807, 2.05) is 30.3 Å². The first-order valence-corrected chi connectivity index (χ1v) is 9.17. The van der Waals surface area contributed by atoms with Crippen LogP contribution in [0, 0.1) is 5.82 Å². The van der Waals surface area contributed by atoms with Crippen LogP contribution < -0.4 is 5.56 Å². The maximum absolute atomic E-state index is 13.1. The van der Waals surface area contributed by atoms with Gasteiger partial charge in [-0.05, 0) is 49.2 Å². The monoisotopic (exact) mass is 364 g/mol. The molecule has 0 saturated carbocycles. The fourth-order valence-corrected chi connectivity index (χ4v) is 3.60. The van der Waals surface area contributed by atoms with E-state index in [2.05, 4.69) is 19.9 Å². The lowest BCUT2D eigenvalue weighted by molar-refractivity contribution is 0.198. The molecule has 1 aliphatic rings. The van der Waals surface area contributed by atoms with E-state index in [1.54, 1.807) is 12.3 Å². The van der Waals surface area contributed by atoms with Crippen molar-refractivity contribution in [2.45, 2.75) is 25.3 Å². The Labute approximate surface area is 156 Å². The number of nitrogens with one attached hydrogen (secondary N) is 1. The molecule has 138 valence electrons. The van der Waals surface area contributed by atoms with Crippen molar-refractivity contribution in [1.29, 1.82) is 0 Å². The minimum Gasteiger partial charge on any atom is -0.305 e. The molecule has 1 saturated heterocycles. The second-order valence-electron chi connectivity index (χ2n) is 6.93. The highest BCUT2D eigenvalue weighted by molar-refractivity contribution is 5.48. The molecule has 0 radical (unpaired) electrons. The van der Waals surface area contributed by atoms with Gasteiger partial charge in [0, 0.05) is 31.3 Å². The Morgan fingerprint density at radius 2 is 2.04 bits per heavy atom. The van der Waals surface area contributed by atoms with Crippen LogP contribution in [0.4, 0.5) is 4.39 Å². The SMILES string of the molecule is O=c1cc([C@@H]2CCCN(Cc3ccc(F)cc3)C2)nc(-c2ccccn2)[nH]1. The predicted molar refractivity (Wildman–Crippen MR) is 102 cm³/mol. The zero-order valence-corrected chi connectivity index (χ0v) is 14.9. The summed E-state index contributed by atoms with van der Waals surface area (Å²) in [5.74, 6) is 0.489. The standard InChI is InChI=1S/C21H21FN4O/c22-17-8-6-15(7-9-17)13-26-11-3-4-16(14-26)19-12-20(27)25-21(24-19)18-5-1-2-10-23-18/h1-2,5-10,12,16H,3-4,11,13-14H2,(H,24,25,27)/t16-/m1/s1. The molecule has 0 bridgehead atoms. The first-order valence-electron chi connectivity index (χ1n) is 9.17. The van der Waals surface area contributed by atoms with Gasteiger partial charge in [-0.25, -0.2) is 9.37 Å². The zero-order valence-electron chi connectivity index (χ0n) is 14.9. The molecule has 1 fully saturated rings. The average molecular weight is 364 g/mol. The van der Waals surface area contributed by atoms with Crippen LogP contribution in [0.5, 0.6) is 0 Å². The van der Waals surface area contributed by atoms with E-state index in [0.29, 0.717) is 11.5 Å². The quantitative estimate of drug-likeness (QED) is 0.771. The molecule has 0 amide bonds. The molecular formula is C21H21FN4O. The van der Waals surface area contributed by atoms with Crippen LogP contribution in [0.25, 0.3) is 11.5 Å². The van der Waals surface area contributed by atoms with Crippen LogP contribution in [-0.4, -0.2) is 32.9 Å². The highest BCUT2D eigenvalue weighted by Crippen LogP contribution is 2.27. The molecule has 4 rings (SSSR count). The van der Waals surface area contributed by atoms with E-state index in [9.17, 15) is 9.18 Å². The summed E-state index contributed by atoms with van der Waals surface area (Å²) in [5, 5.41) is 0. The zero-order chi connectivity index (χ0) is 18.6. The van der Waals surface area contributed by atoms with Crippen molar-refractivity contribution in [1.82, 2.24) is 19.9 Å². The van der Waals surface area contributed by atoms with Gasteiger partial charge in [0.05, 0.1) is 5.69 Å². The molecule has 3 aromatic rings. The number of rotatable bonds is 4. The Morgan fingerprint density at radius 3 is 2.81 bits per heavy atom. The number of hydrogen-bond donors (Lipinski definition) is 1. The summed E-state index contributed by atoms with van der Waals surface area (Å²) >= 11 is 0. The molecule has 1 N–H and O–H groups in total. The highest BCUT2D eigenvalue weighted by Gasteiger charge is 2.23. The number of benzene rings is 1. The number of piperidine rings is 1. The van der Waals surface area contributed by atoms with E-state index < -0.39 is 0 Å².